The number of primary amides is 1. The van der Waals surface area contributed by atoms with Crippen molar-refractivity contribution in [2.75, 3.05) is 26.2 Å². The summed E-state index contributed by atoms with van der Waals surface area (Å²) in [6, 6.07) is 9.60. The molecule has 0 aliphatic carbocycles. The van der Waals surface area contributed by atoms with Gasteiger partial charge in [-0.25, -0.2) is 0 Å². The fraction of sp³-hybridized carbons (Fsp3) is 0.556. The lowest BCUT2D eigenvalue weighted by molar-refractivity contribution is -0.135. The molecule has 0 radical (unpaired) electrons. The molecule has 0 bridgehead atoms. The second kappa shape index (κ2) is 7.66. The number of nitrogens with zero attached hydrogens (tertiary/aromatic N) is 2. The Labute approximate surface area is 142 Å². The van der Waals surface area contributed by atoms with Crippen LogP contribution in [-0.4, -0.2) is 59.9 Å². The summed E-state index contributed by atoms with van der Waals surface area (Å²) in [6.45, 7) is 2.43. The van der Waals surface area contributed by atoms with Crippen molar-refractivity contribution in [2.24, 2.45) is 5.73 Å². The maximum absolute atomic E-state index is 12.3. The molecule has 2 aliphatic heterocycles. The Morgan fingerprint density at radius 3 is 2.46 bits per heavy atom. The predicted octanol–water partition coefficient (Wildman–Crippen LogP) is 1.01. The number of amides is 2. The summed E-state index contributed by atoms with van der Waals surface area (Å²) in [5.74, 6) is 0.509. The van der Waals surface area contributed by atoms with Crippen LogP contribution in [0, 0.1) is 0 Å². The summed E-state index contributed by atoms with van der Waals surface area (Å²) in [4.78, 5) is 27.9. The third kappa shape index (κ3) is 3.87. The number of para-hydroxylation sites is 1. The molecule has 130 valence electrons. The Hall–Kier alpha value is -2.08. The van der Waals surface area contributed by atoms with Gasteiger partial charge in [0.15, 0.2) is 6.61 Å². The molecular formula is C18H25N3O3. The zero-order chi connectivity index (χ0) is 16.9. The standard InChI is InChI=1S/C18H25N3O3/c19-18(23)16-7-4-10-21(16)14-8-11-20(12-9-14)17(22)13-24-15-5-2-1-3-6-15/h1-3,5-6,14,16H,4,7-13H2,(H2,19,23)/t16-/m1/s1. The monoisotopic (exact) mass is 331 g/mol. The molecule has 2 N–H and O–H groups in total. The minimum atomic E-state index is -0.220. The summed E-state index contributed by atoms with van der Waals surface area (Å²) >= 11 is 0. The van der Waals surface area contributed by atoms with Gasteiger partial charge < -0.3 is 15.4 Å². The average molecular weight is 331 g/mol. The van der Waals surface area contributed by atoms with E-state index in [9.17, 15) is 9.59 Å². The van der Waals surface area contributed by atoms with Gasteiger partial charge >= 0.3 is 0 Å². The number of carbonyl (C=O) groups is 2. The molecular weight excluding hydrogens is 306 g/mol. The predicted molar refractivity (Wildman–Crippen MR) is 90.5 cm³/mol. The Bertz CT molecular complexity index is 570. The first kappa shape index (κ1) is 16.8. The van der Waals surface area contributed by atoms with Crippen molar-refractivity contribution in [3.05, 3.63) is 30.3 Å². The summed E-state index contributed by atoms with van der Waals surface area (Å²) in [6.07, 6.45) is 3.67. The molecule has 6 nitrogen and oxygen atoms in total. The quantitative estimate of drug-likeness (QED) is 0.873. The van der Waals surface area contributed by atoms with E-state index >= 15 is 0 Å². The normalized spacial score (nSPS) is 22.5. The minimum Gasteiger partial charge on any atom is -0.484 e. The average Bonchev–Trinajstić information content (AvgIpc) is 3.11. The fourth-order valence-corrected chi connectivity index (χ4v) is 3.73. The number of rotatable bonds is 5. The van der Waals surface area contributed by atoms with Crippen molar-refractivity contribution in [3.63, 3.8) is 0 Å². The number of ether oxygens (including phenoxy) is 1. The molecule has 24 heavy (non-hydrogen) atoms. The van der Waals surface area contributed by atoms with E-state index in [4.69, 9.17) is 10.5 Å². The van der Waals surface area contributed by atoms with Gasteiger partial charge in [-0.1, -0.05) is 18.2 Å². The number of hydrogen-bond acceptors (Lipinski definition) is 4. The van der Waals surface area contributed by atoms with Gasteiger partial charge in [0, 0.05) is 19.1 Å². The highest BCUT2D eigenvalue weighted by Crippen LogP contribution is 2.26. The first-order chi connectivity index (χ1) is 11.6. The first-order valence-electron chi connectivity index (χ1n) is 8.66. The number of nitrogens with two attached hydrogens (primary N) is 1. The Balaban J connectivity index is 1.46. The van der Waals surface area contributed by atoms with Gasteiger partial charge in [0.05, 0.1) is 6.04 Å². The van der Waals surface area contributed by atoms with Crippen LogP contribution in [0.5, 0.6) is 5.75 Å². The molecule has 0 spiro atoms. The van der Waals surface area contributed by atoms with Crippen molar-refractivity contribution in [2.45, 2.75) is 37.8 Å². The number of piperidine rings is 1. The molecule has 3 rings (SSSR count). The van der Waals surface area contributed by atoms with E-state index < -0.39 is 0 Å². The third-order valence-corrected chi connectivity index (χ3v) is 5.01. The lowest BCUT2D eigenvalue weighted by Gasteiger charge is -2.38. The van der Waals surface area contributed by atoms with Gasteiger partial charge in [0.1, 0.15) is 5.75 Å². The van der Waals surface area contributed by atoms with Crippen LogP contribution in [0.4, 0.5) is 0 Å². The molecule has 2 amide bonds. The van der Waals surface area contributed by atoms with Crippen LogP contribution in [0.3, 0.4) is 0 Å². The highest BCUT2D eigenvalue weighted by atomic mass is 16.5. The second-order valence-electron chi connectivity index (χ2n) is 6.51. The Kier molecular flexibility index (Phi) is 5.35. The molecule has 1 atom stereocenters. The first-order valence-corrected chi connectivity index (χ1v) is 8.66. The van der Waals surface area contributed by atoms with Crippen molar-refractivity contribution in [1.82, 2.24) is 9.80 Å². The number of carbonyl (C=O) groups excluding carboxylic acids is 2. The number of hydrogen-bond donors (Lipinski definition) is 1. The van der Waals surface area contributed by atoms with E-state index in [1.165, 1.54) is 0 Å². The molecule has 2 saturated heterocycles. The summed E-state index contributed by atoms with van der Waals surface area (Å²) in [5.41, 5.74) is 5.50. The fourth-order valence-electron chi connectivity index (χ4n) is 3.73. The smallest absolute Gasteiger partial charge is 0.260 e. The van der Waals surface area contributed by atoms with Gasteiger partial charge in [-0.2, -0.15) is 0 Å². The molecule has 1 aromatic rings. The van der Waals surface area contributed by atoms with E-state index in [-0.39, 0.29) is 24.5 Å². The lowest BCUT2D eigenvalue weighted by atomic mass is 10.0. The lowest BCUT2D eigenvalue weighted by Crippen LogP contribution is -2.51. The zero-order valence-electron chi connectivity index (χ0n) is 13.9. The number of likely N-dealkylation sites (tertiary alicyclic amines) is 2. The number of benzene rings is 1. The molecule has 0 aromatic heterocycles. The van der Waals surface area contributed by atoms with Crippen LogP contribution in [0.15, 0.2) is 30.3 Å². The van der Waals surface area contributed by atoms with E-state index in [1.807, 2.05) is 35.2 Å². The highest BCUT2D eigenvalue weighted by molar-refractivity contribution is 5.80. The minimum absolute atomic E-state index is 0.0187. The van der Waals surface area contributed by atoms with Gasteiger partial charge in [-0.3, -0.25) is 14.5 Å². The maximum Gasteiger partial charge on any atom is 0.260 e. The second-order valence-corrected chi connectivity index (χ2v) is 6.51. The van der Waals surface area contributed by atoms with Crippen molar-refractivity contribution in [3.8, 4) is 5.75 Å². The topological polar surface area (TPSA) is 75.9 Å². The maximum atomic E-state index is 12.3. The molecule has 1 aromatic carbocycles. The molecule has 2 heterocycles. The van der Waals surface area contributed by atoms with Gasteiger partial charge in [-0.15, -0.1) is 0 Å². The molecule has 2 aliphatic rings. The molecule has 0 saturated carbocycles. The van der Waals surface area contributed by atoms with Crippen LogP contribution in [0.2, 0.25) is 0 Å². The van der Waals surface area contributed by atoms with Gasteiger partial charge in [0.25, 0.3) is 5.91 Å². The zero-order valence-corrected chi connectivity index (χ0v) is 13.9. The largest absolute Gasteiger partial charge is 0.484 e. The molecule has 6 heteroatoms. The highest BCUT2D eigenvalue weighted by Gasteiger charge is 2.36. The third-order valence-electron chi connectivity index (χ3n) is 5.01. The SMILES string of the molecule is NC(=O)[C@H]1CCCN1C1CCN(C(=O)COc2ccccc2)CC1. The Morgan fingerprint density at radius 2 is 1.79 bits per heavy atom. The van der Waals surface area contributed by atoms with Crippen molar-refractivity contribution >= 4 is 11.8 Å². The van der Waals surface area contributed by atoms with Crippen molar-refractivity contribution < 1.29 is 14.3 Å². The van der Waals surface area contributed by atoms with Crippen LogP contribution in [0.1, 0.15) is 25.7 Å². The van der Waals surface area contributed by atoms with Crippen molar-refractivity contribution in [1.29, 1.82) is 0 Å². The Morgan fingerprint density at radius 1 is 1.08 bits per heavy atom. The summed E-state index contributed by atoms with van der Waals surface area (Å²) in [7, 11) is 0. The van der Waals surface area contributed by atoms with Gasteiger partial charge in [-0.05, 0) is 44.4 Å². The van der Waals surface area contributed by atoms with E-state index in [1.54, 1.807) is 0 Å². The summed E-state index contributed by atoms with van der Waals surface area (Å²) in [5, 5.41) is 0. The molecule has 0 unspecified atom stereocenters. The van der Waals surface area contributed by atoms with E-state index in [2.05, 4.69) is 4.90 Å². The summed E-state index contributed by atoms with van der Waals surface area (Å²) < 4.78 is 5.53. The van der Waals surface area contributed by atoms with E-state index in [0.29, 0.717) is 24.9 Å². The van der Waals surface area contributed by atoms with Crippen LogP contribution < -0.4 is 10.5 Å². The van der Waals surface area contributed by atoms with Crippen LogP contribution in [0.25, 0.3) is 0 Å². The van der Waals surface area contributed by atoms with E-state index in [0.717, 1.165) is 32.2 Å². The van der Waals surface area contributed by atoms with Gasteiger partial charge in [0.2, 0.25) is 5.91 Å². The van der Waals surface area contributed by atoms with Crippen LogP contribution >= 0.6 is 0 Å². The molecule has 2 fully saturated rings. The van der Waals surface area contributed by atoms with Crippen LogP contribution in [-0.2, 0) is 9.59 Å².